The molecule has 1 atom stereocenters. The summed E-state index contributed by atoms with van der Waals surface area (Å²) in [7, 11) is 1.81. The second-order valence-electron chi connectivity index (χ2n) is 4.42. The lowest BCUT2D eigenvalue weighted by Crippen LogP contribution is -2.39. The van der Waals surface area contributed by atoms with Gasteiger partial charge in [0.05, 0.1) is 24.9 Å². The first-order valence-electron chi connectivity index (χ1n) is 6.37. The molecule has 6 heteroatoms. The number of urea groups is 1. The number of hydrogen-bond acceptors (Lipinski definition) is 3. The van der Waals surface area contributed by atoms with Crippen molar-refractivity contribution in [1.82, 2.24) is 20.4 Å². The maximum absolute atomic E-state index is 11.8. The van der Waals surface area contributed by atoms with Crippen LogP contribution in [0.3, 0.4) is 0 Å². The number of hydrogen-bond donors (Lipinski definition) is 3. The summed E-state index contributed by atoms with van der Waals surface area (Å²) in [5.41, 5.74) is 1.77. The highest BCUT2D eigenvalue weighted by Crippen LogP contribution is 2.11. The number of nitrogens with one attached hydrogen (secondary N) is 2. The first kappa shape index (κ1) is 14.1. The van der Waals surface area contributed by atoms with Gasteiger partial charge in [-0.25, -0.2) is 4.79 Å². The smallest absolute Gasteiger partial charge is 0.315 e. The van der Waals surface area contributed by atoms with Crippen LogP contribution in [0.2, 0.25) is 0 Å². The third-order valence-electron chi connectivity index (χ3n) is 3.04. The van der Waals surface area contributed by atoms with Gasteiger partial charge in [-0.3, -0.25) is 4.68 Å². The minimum absolute atomic E-state index is 0.150. The molecule has 0 aliphatic rings. The number of carbonyl (C=O) groups is 1. The van der Waals surface area contributed by atoms with Crippen molar-refractivity contribution in [2.75, 3.05) is 6.61 Å². The number of aromatic nitrogens is 2. The molecule has 1 aromatic carbocycles. The summed E-state index contributed by atoms with van der Waals surface area (Å²) in [6.45, 7) is 0.235. The fourth-order valence-electron chi connectivity index (χ4n) is 1.87. The molecule has 0 radical (unpaired) electrons. The van der Waals surface area contributed by atoms with Crippen molar-refractivity contribution in [3.05, 3.63) is 53.9 Å². The van der Waals surface area contributed by atoms with E-state index >= 15 is 0 Å². The molecule has 2 amide bonds. The Balaban J connectivity index is 1.88. The summed E-state index contributed by atoms with van der Waals surface area (Å²) in [4.78, 5) is 11.8. The molecule has 1 heterocycles. The third-order valence-corrected chi connectivity index (χ3v) is 3.04. The molecular formula is C14H18N4O2. The summed E-state index contributed by atoms with van der Waals surface area (Å²) in [5, 5.41) is 18.9. The maximum atomic E-state index is 11.8. The number of carbonyl (C=O) groups excluding carboxylic acids is 1. The summed E-state index contributed by atoms with van der Waals surface area (Å²) < 4.78 is 1.70. The van der Waals surface area contributed by atoms with Crippen molar-refractivity contribution in [1.29, 1.82) is 0 Å². The van der Waals surface area contributed by atoms with E-state index in [0.29, 0.717) is 6.54 Å². The van der Waals surface area contributed by atoms with Crippen molar-refractivity contribution in [3.63, 3.8) is 0 Å². The highest BCUT2D eigenvalue weighted by atomic mass is 16.3. The lowest BCUT2D eigenvalue weighted by Gasteiger charge is -2.17. The summed E-state index contributed by atoms with van der Waals surface area (Å²) in [5.74, 6) is 0. The Morgan fingerprint density at radius 1 is 1.35 bits per heavy atom. The fraction of sp³-hybridized carbons (Fsp3) is 0.286. The summed E-state index contributed by atoms with van der Waals surface area (Å²) >= 11 is 0. The summed E-state index contributed by atoms with van der Waals surface area (Å²) in [6, 6.07) is 10.4. The van der Waals surface area contributed by atoms with Gasteiger partial charge in [0.15, 0.2) is 0 Å². The lowest BCUT2D eigenvalue weighted by molar-refractivity contribution is 0.216. The van der Waals surface area contributed by atoms with E-state index in [9.17, 15) is 9.90 Å². The van der Waals surface area contributed by atoms with E-state index in [1.165, 1.54) is 0 Å². The molecule has 0 saturated heterocycles. The van der Waals surface area contributed by atoms with Crippen molar-refractivity contribution in [2.24, 2.45) is 7.05 Å². The van der Waals surface area contributed by atoms with E-state index < -0.39 is 6.04 Å². The van der Waals surface area contributed by atoms with E-state index in [1.54, 1.807) is 10.9 Å². The normalized spacial score (nSPS) is 11.9. The quantitative estimate of drug-likeness (QED) is 0.759. The van der Waals surface area contributed by atoms with Gasteiger partial charge in [-0.2, -0.15) is 5.10 Å². The van der Waals surface area contributed by atoms with Gasteiger partial charge >= 0.3 is 6.03 Å². The van der Waals surface area contributed by atoms with Gasteiger partial charge in [-0.05, 0) is 11.6 Å². The molecule has 106 valence electrons. The lowest BCUT2D eigenvalue weighted by atomic mass is 10.1. The standard InChI is InChI=1S/C14H18N4O2/c1-18-12(7-8-16-18)9-15-14(20)17-13(10-19)11-5-3-2-4-6-11/h2-8,13,19H,9-10H2,1H3,(H2,15,17,20). The fourth-order valence-corrected chi connectivity index (χ4v) is 1.87. The van der Waals surface area contributed by atoms with E-state index in [-0.39, 0.29) is 12.6 Å². The Morgan fingerprint density at radius 2 is 2.10 bits per heavy atom. The van der Waals surface area contributed by atoms with Crippen LogP contribution in [0.15, 0.2) is 42.6 Å². The Labute approximate surface area is 117 Å². The van der Waals surface area contributed by atoms with Crippen LogP contribution in [0.5, 0.6) is 0 Å². The maximum Gasteiger partial charge on any atom is 0.315 e. The molecule has 6 nitrogen and oxygen atoms in total. The Bertz CT molecular complexity index is 553. The van der Waals surface area contributed by atoms with Gasteiger partial charge < -0.3 is 15.7 Å². The molecule has 0 aliphatic heterocycles. The number of amides is 2. The van der Waals surface area contributed by atoms with Gasteiger partial charge in [0.1, 0.15) is 0 Å². The predicted octanol–water partition coefficient (Wildman–Crippen LogP) is 0.953. The number of aryl methyl sites for hydroxylation is 1. The molecule has 1 unspecified atom stereocenters. The van der Waals surface area contributed by atoms with Gasteiger partial charge in [-0.1, -0.05) is 30.3 Å². The zero-order chi connectivity index (χ0) is 14.4. The third kappa shape index (κ3) is 3.58. The van der Waals surface area contributed by atoms with Crippen molar-refractivity contribution in [2.45, 2.75) is 12.6 Å². The van der Waals surface area contributed by atoms with Crippen LogP contribution >= 0.6 is 0 Å². The first-order chi connectivity index (χ1) is 9.70. The molecule has 0 bridgehead atoms. The van der Waals surface area contributed by atoms with E-state index in [0.717, 1.165) is 11.3 Å². The first-order valence-corrected chi connectivity index (χ1v) is 6.37. The van der Waals surface area contributed by atoms with Crippen LogP contribution < -0.4 is 10.6 Å². The SMILES string of the molecule is Cn1nccc1CNC(=O)NC(CO)c1ccccc1. The second-order valence-corrected chi connectivity index (χ2v) is 4.42. The van der Waals surface area contributed by atoms with Crippen molar-refractivity contribution < 1.29 is 9.90 Å². The number of aliphatic hydroxyl groups excluding tert-OH is 1. The molecule has 1 aromatic heterocycles. The van der Waals surface area contributed by atoms with Crippen molar-refractivity contribution in [3.8, 4) is 0 Å². The number of rotatable bonds is 5. The Morgan fingerprint density at radius 3 is 2.70 bits per heavy atom. The highest BCUT2D eigenvalue weighted by Gasteiger charge is 2.13. The topological polar surface area (TPSA) is 79.2 Å². The predicted molar refractivity (Wildman–Crippen MR) is 74.8 cm³/mol. The van der Waals surface area contributed by atoms with Gasteiger partial charge in [-0.15, -0.1) is 0 Å². The van der Waals surface area contributed by atoms with E-state index in [2.05, 4.69) is 15.7 Å². The molecule has 0 aliphatic carbocycles. The minimum Gasteiger partial charge on any atom is -0.394 e. The van der Waals surface area contributed by atoms with Crippen LogP contribution in [0, 0.1) is 0 Å². The van der Waals surface area contributed by atoms with Crippen molar-refractivity contribution >= 4 is 6.03 Å². The van der Waals surface area contributed by atoms with Crippen LogP contribution in [0.1, 0.15) is 17.3 Å². The van der Waals surface area contributed by atoms with E-state index in [4.69, 9.17) is 0 Å². The molecule has 3 N–H and O–H groups in total. The molecule has 0 fully saturated rings. The minimum atomic E-state index is -0.414. The van der Waals surface area contributed by atoms with E-state index in [1.807, 2.05) is 43.4 Å². The number of benzene rings is 1. The Kier molecular flexibility index (Phi) is 4.73. The largest absolute Gasteiger partial charge is 0.394 e. The average Bonchev–Trinajstić information content (AvgIpc) is 2.89. The average molecular weight is 274 g/mol. The van der Waals surface area contributed by atoms with Crippen LogP contribution in [0.25, 0.3) is 0 Å². The monoisotopic (exact) mass is 274 g/mol. The van der Waals surface area contributed by atoms with Crippen LogP contribution in [-0.4, -0.2) is 27.5 Å². The zero-order valence-corrected chi connectivity index (χ0v) is 11.3. The molecular weight excluding hydrogens is 256 g/mol. The highest BCUT2D eigenvalue weighted by molar-refractivity contribution is 5.74. The number of aliphatic hydroxyl groups is 1. The molecule has 0 spiro atoms. The Hall–Kier alpha value is -2.34. The van der Waals surface area contributed by atoms with Gasteiger partial charge in [0.2, 0.25) is 0 Å². The van der Waals surface area contributed by atoms with Crippen LogP contribution in [-0.2, 0) is 13.6 Å². The van der Waals surface area contributed by atoms with Crippen LogP contribution in [0.4, 0.5) is 4.79 Å². The molecule has 0 saturated carbocycles. The number of nitrogens with zero attached hydrogens (tertiary/aromatic N) is 2. The second kappa shape index (κ2) is 6.72. The molecule has 20 heavy (non-hydrogen) atoms. The molecule has 2 rings (SSSR count). The van der Waals surface area contributed by atoms with Gasteiger partial charge in [0.25, 0.3) is 0 Å². The molecule has 2 aromatic rings. The summed E-state index contributed by atoms with van der Waals surface area (Å²) in [6.07, 6.45) is 1.68. The zero-order valence-electron chi connectivity index (χ0n) is 11.3. The van der Waals surface area contributed by atoms with Gasteiger partial charge in [0, 0.05) is 13.2 Å².